The number of hydrogen-bond acceptors (Lipinski definition) is 3. The SMILES string of the molecule is CCN(CC(=O)N1CCC(Cc2ccccc2)CC1)S(=O)(=O)c1ccc(Br)cc1. The molecule has 2 aromatic carbocycles. The van der Waals surface area contributed by atoms with Crippen molar-refractivity contribution in [3.8, 4) is 0 Å². The minimum atomic E-state index is -3.69. The normalized spacial score (nSPS) is 15.6. The van der Waals surface area contributed by atoms with Gasteiger partial charge in [-0.05, 0) is 55.0 Å². The highest BCUT2D eigenvalue weighted by Gasteiger charge is 2.29. The van der Waals surface area contributed by atoms with Gasteiger partial charge in [0.1, 0.15) is 0 Å². The molecular formula is C22H27BrN2O3S. The van der Waals surface area contributed by atoms with Crippen LogP contribution in [-0.4, -0.2) is 49.7 Å². The Bertz CT molecular complexity index is 909. The maximum absolute atomic E-state index is 12.9. The molecule has 1 aliphatic rings. The fraction of sp³-hybridized carbons (Fsp3) is 0.409. The van der Waals surface area contributed by atoms with Crippen LogP contribution in [0.4, 0.5) is 0 Å². The monoisotopic (exact) mass is 478 g/mol. The number of carbonyl (C=O) groups excluding carboxylic acids is 1. The summed E-state index contributed by atoms with van der Waals surface area (Å²) in [6.07, 6.45) is 2.93. The summed E-state index contributed by atoms with van der Waals surface area (Å²) < 4.78 is 27.8. The van der Waals surface area contributed by atoms with Gasteiger partial charge in [0.05, 0.1) is 11.4 Å². The molecule has 1 heterocycles. The molecule has 0 N–H and O–H groups in total. The summed E-state index contributed by atoms with van der Waals surface area (Å²) in [6, 6.07) is 16.9. The molecule has 156 valence electrons. The summed E-state index contributed by atoms with van der Waals surface area (Å²) in [5.41, 5.74) is 1.33. The molecule has 1 fully saturated rings. The van der Waals surface area contributed by atoms with Crippen molar-refractivity contribution >= 4 is 31.9 Å². The molecule has 0 atom stereocenters. The lowest BCUT2D eigenvalue weighted by atomic mass is 9.90. The zero-order valence-electron chi connectivity index (χ0n) is 16.6. The molecule has 0 radical (unpaired) electrons. The molecule has 0 saturated carbocycles. The topological polar surface area (TPSA) is 57.7 Å². The Morgan fingerprint density at radius 2 is 1.69 bits per heavy atom. The first-order valence-corrected chi connectivity index (χ1v) is 12.2. The van der Waals surface area contributed by atoms with Crippen LogP contribution in [0.25, 0.3) is 0 Å². The zero-order valence-corrected chi connectivity index (χ0v) is 19.0. The van der Waals surface area contributed by atoms with Gasteiger partial charge in [0.25, 0.3) is 0 Å². The van der Waals surface area contributed by atoms with E-state index in [9.17, 15) is 13.2 Å². The van der Waals surface area contributed by atoms with Crippen LogP contribution in [0.3, 0.4) is 0 Å². The maximum atomic E-state index is 12.9. The molecule has 0 spiro atoms. The highest BCUT2D eigenvalue weighted by molar-refractivity contribution is 9.10. The smallest absolute Gasteiger partial charge is 0.243 e. The number of piperidine rings is 1. The minimum absolute atomic E-state index is 0.113. The van der Waals surface area contributed by atoms with Gasteiger partial charge < -0.3 is 4.90 Å². The van der Waals surface area contributed by atoms with Gasteiger partial charge in [-0.25, -0.2) is 8.42 Å². The van der Waals surface area contributed by atoms with E-state index in [4.69, 9.17) is 0 Å². The number of amides is 1. The molecular weight excluding hydrogens is 452 g/mol. The van der Waals surface area contributed by atoms with Gasteiger partial charge in [-0.3, -0.25) is 4.79 Å². The number of likely N-dealkylation sites (tertiary alicyclic amines) is 1. The number of rotatable bonds is 7. The Kier molecular flexibility index (Phi) is 7.49. The van der Waals surface area contributed by atoms with E-state index in [1.54, 1.807) is 36.1 Å². The van der Waals surface area contributed by atoms with Crippen LogP contribution < -0.4 is 0 Å². The largest absolute Gasteiger partial charge is 0.342 e. The lowest BCUT2D eigenvalue weighted by molar-refractivity contribution is -0.132. The van der Waals surface area contributed by atoms with Crippen LogP contribution in [0.15, 0.2) is 64.0 Å². The first-order chi connectivity index (χ1) is 13.9. The van der Waals surface area contributed by atoms with Crippen LogP contribution >= 0.6 is 15.9 Å². The highest BCUT2D eigenvalue weighted by atomic mass is 79.9. The van der Waals surface area contributed by atoms with Crippen molar-refractivity contribution in [2.75, 3.05) is 26.2 Å². The number of halogens is 1. The third-order valence-electron chi connectivity index (χ3n) is 5.45. The molecule has 0 aromatic heterocycles. The second-order valence-corrected chi connectivity index (χ2v) is 10.3. The predicted octanol–water partition coefficient (Wildman–Crippen LogP) is 3.94. The number of likely N-dealkylation sites (N-methyl/N-ethyl adjacent to an activating group) is 1. The second kappa shape index (κ2) is 9.87. The van der Waals surface area contributed by atoms with Crippen LogP contribution in [-0.2, 0) is 21.2 Å². The molecule has 5 nitrogen and oxygen atoms in total. The van der Waals surface area contributed by atoms with Crippen molar-refractivity contribution in [3.63, 3.8) is 0 Å². The van der Waals surface area contributed by atoms with E-state index in [0.29, 0.717) is 19.0 Å². The average Bonchev–Trinajstić information content (AvgIpc) is 2.73. The van der Waals surface area contributed by atoms with Crippen LogP contribution in [0.2, 0.25) is 0 Å². The quantitative estimate of drug-likeness (QED) is 0.605. The van der Waals surface area contributed by atoms with Crippen molar-refractivity contribution in [2.45, 2.75) is 31.1 Å². The summed E-state index contributed by atoms with van der Waals surface area (Å²) in [6.45, 7) is 3.28. The van der Waals surface area contributed by atoms with Crippen LogP contribution in [0.1, 0.15) is 25.3 Å². The van der Waals surface area contributed by atoms with Crippen molar-refractivity contribution in [1.82, 2.24) is 9.21 Å². The lowest BCUT2D eigenvalue weighted by Gasteiger charge is -2.33. The molecule has 1 saturated heterocycles. The molecule has 3 rings (SSSR count). The first-order valence-electron chi connectivity index (χ1n) is 9.97. The molecule has 7 heteroatoms. The Morgan fingerprint density at radius 3 is 2.28 bits per heavy atom. The third-order valence-corrected chi connectivity index (χ3v) is 7.91. The summed E-state index contributed by atoms with van der Waals surface area (Å²) in [4.78, 5) is 14.8. The number of nitrogens with zero attached hydrogens (tertiary/aromatic N) is 2. The average molecular weight is 479 g/mol. The standard InChI is InChI=1S/C22H27BrN2O3S/c1-2-25(29(27,28)21-10-8-20(23)9-11-21)17-22(26)24-14-12-19(13-15-24)16-18-6-4-3-5-7-18/h3-11,19H,2,12-17H2,1H3. The van der Waals surface area contributed by atoms with E-state index in [-0.39, 0.29) is 23.9 Å². The number of carbonyl (C=O) groups is 1. The molecule has 1 aliphatic heterocycles. The fourth-order valence-electron chi connectivity index (χ4n) is 3.71. The zero-order chi connectivity index (χ0) is 20.9. The number of hydrogen-bond donors (Lipinski definition) is 0. The van der Waals surface area contributed by atoms with Gasteiger partial charge in [-0.1, -0.05) is 53.2 Å². The van der Waals surface area contributed by atoms with E-state index in [0.717, 1.165) is 23.7 Å². The summed E-state index contributed by atoms with van der Waals surface area (Å²) in [7, 11) is -3.69. The summed E-state index contributed by atoms with van der Waals surface area (Å²) in [5, 5.41) is 0. The van der Waals surface area contributed by atoms with Crippen molar-refractivity contribution in [3.05, 3.63) is 64.6 Å². The second-order valence-electron chi connectivity index (χ2n) is 7.40. The van der Waals surface area contributed by atoms with E-state index in [1.165, 1.54) is 9.87 Å². The van der Waals surface area contributed by atoms with Crippen LogP contribution in [0.5, 0.6) is 0 Å². The van der Waals surface area contributed by atoms with Crippen molar-refractivity contribution in [1.29, 1.82) is 0 Å². The van der Waals surface area contributed by atoms with Gasteiger partial charge in [0.15, 0.2) is 0 Å². The maximum Gasteiger partial charge on any atom is 0.243 e. The Morgan fingerprint density at radius 1 is 1.07 bits per heavy atom. The van der Waals surface area contributed by atoms with Gasteiger partial charge in [0.2, 0.25) is 15.9 Å². The summed E-state index contributed by atoms with van der Waals surface area (Å²) in [5.74, 6) is 0.445. The molecule has 0 unspecified atom stereocenters. The minimum Gasteiger partial charge on any atom is -0.342 e. The van der Waals surface area contributed by atoms with E-state index >= 15 is 0 Å². The van der Waals surface area contributed by atoms with Crippen LogP contribution in [0, 0.1) is 5.92 Å². The van der Waals surface area contributed by atoms with E-state index in [2.05, 4.69) is 40.2 Å². The Labute approximate surface area is 181 Å². The molecule has 29 heavy (non-hydrogen) atoms. The fourth-order valence-corrected chi connectivity index (χ4v) is 5.37. The van der Waals surface area contributed by atoms with Gasteiger partial charge in [-0.15, -0.1) is 0 Å². The number of sulfonamides is 1. The summed E-state index contributed by atoms with van der Waals surface area (Å²) >= 11 is 3.32. The Hall–Kier alpha value is -1.70. The molecule has 2 aromatic rings. The highest BCUT2D eigenvalue weighted by Crippen LogP contribution is 2.23. The molecule has 0 bridgehead atoms. The van der Waals surface area contributed by atoms with E-state index in [1.807, 2.05) is 6.07 Å². The first kappa shape index (κ1) is 22.0. The van der Waals surface area contributed by atoms with Gasteiger partial charge in [0, 0.05) is 24.1 Å². The van der Waals surface area contributed by atoms with Gasteiger partial charge >= 0.3 is 0 Å². The molecule has 1 amide bonds. The third kappa shape index (κ3) is 5.68. The predicted molar refractivity (Wildman–Crippen MR) is 118 cm³/mol. The number of benzene rings is 2. The van der Waals surface area contributed by atoms with E-state index < -0.39 is 10.0 Å². The van der Waals surface area contributed by atoms with Crippen molar-refractivity contribution in [2.24, 2.45) is 5.92 Å². The Balaban J connectivity index is 1.57. The van der Waals surface area contributed by atoms with Crippen molar-refractivity contribution < 1.29 is 13.2 Å². The molecule has 0 aliphatic carbocycles. The van der Waals surface area contributed by atoms with Gasteiger partial charge in [-0.2, -0.15) is 4.31 Å². The lowest BCUT2D eigenvalue weighted by Crippen LogP contribution is -2.45.